The summed E-state index contributed by atoms with van der Waals surface area (Å²) in [6, 6.07) is 7.72. The Morgan fingerprint density at radius 1 is 1.32 bits per heavy atom. The maximum Gasteiger partial charge on any atom is 0.319 e. The molecule has 2 heterocycles. The fourth-order valence-corrected chi connectivity index (χ4v) is 2.33. The van der Waals surface area contributed by atoms with E-state index in [1.165, 1.54) is 0 Å². The van der Waals surface area contributed by atoms with Crippen LogP contribution in [0, 0.1) is 17.0 Å². The highest BCUT2D eigenvalue weighted by Gasteiger charge is 2.33. The van der Waals surface area contributed by atoms with E-state index in [0.29, 0.717) is 24.5 Å². The molecule has 0 unspecified atom stereocenters. The highest BCUT2D eigenvalue weighted by molar-refractivity contribution is 6.07. The fourth-order valence-electron chi connectivity index (χ4n) is 2.33. The molecular weight excluding hydrogens is 242 g/mol. The van der Waals surface area contributed by atoms with Gasteiger partial charge in [0.2, 0.25) is 5.84 Å². The summed E-state index contributed by atoms with van der Waals surface area (Å²) in [5.41, 5.74) is 2.71. The Hall–Kier alpha value is -2.43. The lowest BCUT2D eigenvalue weighted by atomic mass is 10.00. The van der Waals surface area contributed by atoms with Crippen molar-refractivity contribution in [2.45, 2.75) is 6.92 Å². The fraction of sp³-hybridized carbons (Fsp3) is 0.214. The van der Waals surface area contributed by atoms with E-state index < -0.39 is 0 Å². The van der Waals surface area contributed by atoms with E-state index in [1.807, 2.05) is 42.3 Å². The second-order valence-corrected chi connectivity index (χ2v) is 4.60. The predicted molar refractivity (Wildman–Crippen MR) is 73.2 cm³/mol. The molecule has 0 saturated carbocycles. The molecule has 5 heteroatoms. The monoisotopic (exact) mass is 255 g/mol. The molecule has 0 atom stereocenters. The van der Waals surface area contributed by atoms with E-state index in [2.05, 4.69) is 4.99 Å². The van der Waals surface area contributed by atoms with Crippen LogP contribution >= 0.6 is 0 Å². The van der Waals surface area contributed by atoms with Crippen molar-refractivity contribution in [1.82, 2.24) is 4.90 Å². The van der Waals surface area contributed by atoms with Crippen molar-refractivity contribution in [3.8, 4) is 0 Å². The molecule has 96 valence electrons. The molecule has 0 aromatic heterocycles. The van der Waals surface area contributed by atoms with Gasteiger partial charge in [-0.3, -0.25) is 15.1 Å². The minimum Gasteiger partial charge on any atom is -0.326 e. The van der Waals surface area contributed by atoms with Crippen LogP contribution in [-0.2, 0) is 0 Å². The SMILES string of the molecule is Cc1ccc(C2=C([N+](=O)[O-])C3=NCCN3C=C2)cc1. The van der Waals surface area contributed by atoms with Crippen LogP contribution in [0.4, 0.5) is 0 Å². The Labute approximate surface area is 110 Å². The normalized spacial score (nSPS) is 17.5. The largest absolute Gasteiger partial charge is 0.326 e. The van der Waals surface area contributed by atoms with Crippen molar-refractivity contribution >= 4 is 11.4 Å². The zero-order valence-corrected chi connectivity index (χ0v) is 10.5. The first-order valence-corrected chi connectivity index (χ1v) is 6.12. The van der Waals surface area contributed by atoms with Crippen LogP contribution in [0.1, 0.15) is 11.1 Å². The number of rotatable bonds is 2. The van der Waals surface area contributed by atoms with Crippen molar-refractivity contribution in [1.29, 1.82) is 0 Å². The molecule has 0 aliphatic carbocycles. The summed E-state index contributed by atoms with van der Waals surface area (Å²) in [5.74, 6) is 0.475. The molecular formula is C14H13N3O2. The molecule has 0 N–H and O–H groups in total. The predicted octanol–water partition coefficient (Wildman–Crippen LogP) is 2.22. The Balaban J connectivity index is 2.15. The number of aliphatic imine (C=N–C) groups is 1. The van der Waals surface area contributed by atoms with Gasteiger partial charge in [-0.15, -0.1) is 0 Å². The van der Waals surface area contributed by atoms with Gasteiger partial charge in [0.05, 0.1) is 17.0 Å². The van der Waals surface area contributed by atoms with E-state index in [4.69, 9.17) is 0 Å². The lowest BCUT2D eigenvalue weighted by Gasteiger charge is -2.19. The van der Waals surface area contributed by atoms with E-state index in [9.17, 15) is 10.1 Å². The minimum atomic E-state index is -0.337. The molecule has 19 heavy (non-hydrogen) atoms. The van der Waals surface area contributed by atoms with Crippen LogP contribution in [-0.4, -0.2) is 28.7 Å². The highest BCUT2D eigenvalue weighted by atomic mass is 16.6. The molecule has 1 aromatic rings. The van der Waals surface area contributed by atoms with Gasteiger partial charge in [0.25, 0.3) is 0 Å². The molecule has 3 rings (SSSR count). The van der Waals surface area contributed by atoms with Crippen LogP contribution in [0.3, 0.4) is 0 Å². The molecule has 5 nitrogen and oxygen atoms in total. The number of benzene rings is 1. The van der Waals surface area contributed by atoms with Gasteiger partial charge in [-0.05, 0) is 18.6 Å². The standard InChI is InChI=1S/C14H13N3O2/c1-10-2-4-11(5-3-10)12-6-8-16-9-7-15-14(16)13(12)17(18)19/h2-6,8H,7,9H2,1H3. The van der Waals surface area contributed by atoms with Crippen LogP contribution < -0.4 is 0 Å². The van der Waals surface area contributed by atoms with E-state index >= 15 is 0 Å². The first-order valence-electron chi connectivity index (χ1n) is 6.12. The number of aryl methyl sites for hydroxylation is 1. The topological polar surface area (TPSA) is 58.7 Å². The second-order valence-electron chi connectivity index (χ2n) is 4.60. The van der Waals surface area contributed by atoms with Crippen LogP contribution in [0.2, 0.25) is 0 Å². The molecule has 0 amide bonds. The van der Waals surface area contributed by atoms with Gasteiger partial charge in [0, 0.05) is 12.7 Å². The van der Waals surface area contributed by atoms with Crippen molar-refractivity contribution in [2.75, 3.05) is 13.1 Å². The Bertz CT molecular complexity index is 627. The number of amidine groups is 1. The van der Waals surface area contributed by atoms with E-state index in [0.717, 1.165) is 11.1 Å². The second kappa shape index (κ2) is 4.35. The third kappa shape index (κ3) is 1.93. The highest BCUT2D eigenvalue weighted by Crippen LogP contribution is 2.28. The summed E-state index contributed by atoms with van der Waals surface area (Å²) in [7, 11) is 0. The Kier molecular flexibility index (Phi) is 2.67. The van der Waals surface area contributed by atoms with Gasteiger partial charge < -0.3 is 4.90 Å². The molecule has 0 bridgehead atoms. The van der Waals surface area contributed by atoms with Crippen molar-refractivity contribution < 1.29 is 4.92 Å². The summed E-state index contributed by atoms with van der Waals surface area (Å²) in [6.07, 6.45) is 3.67. The van der Waals surface area contributed by atoms with Gasteiger partial charge in [0.1, 0.15) is 0 Å². The zero-order chi connectivity index (χ0) is 13.4. The van der Waals surface area contributed by atoms with Gasteiger partial charge in [-0.2, -0.15) is 0 Å². The van der Waals surface area contributed by atoms with Gasteiger partial charge in [-0.25, -0.2) is 0 Å². The first kappa shape index (κ1) is 11.6. The van der Waals surface area contributed by atoms with Crippen LogP contribution in [0.5, 0.6) is 0 Å². The molecule has 2 aliphatic heterocycles. The number of hydrogen-bond donors (Lipinski definition) is 0. The van der Waals surface area contributed by atoms with Gasteiger partial charge in [-0.1, -0.05) is 29.8 Å². The molecule has 0 spiro atoms. The summed E-state index contributed by atoms with van der Waals surface area (Å²) in [5, 5.41) is 11.4. The van der Waals surface area contributed by atoms with Crippen molar-refractivity contribution in [2.24, 2.45) is 4.99 Å². The average Bonchev–Trinajstić information content (AvgIpc) is 2.86. The van der Waals surface area contributed by atoms with Crippen molar-refractivity contribution in [3.05, 3.63) is 63.5 Å². The van der Waals surface area contributed by atoms with Crippen LogP contribution in [0.15, 0.2) is 47.2 Å². The number of fused-ring (bicyclic) bond motifs is 1. The summed E-state index contributed by atoms with van der Waals surface area (Å²) >= 11 is 0. The maximum absolute atomic E-state index is 11.4. The number of hydrogen-bond acceptors (Lipinski definition) is 4. The number of nitrogens with zero attached hydrogens (tertiary/aromatic N) is 3. The third-order valence-electron chi connectivity index (χ3n) is 3.31. The molecule has 1 aromatic carbocycles. The third-order valence-corrected chi connectivity index (χ3v) is 3.31. The lowest BCUT2D eigenvalue weighted by Crippen LogP contribution is -2.29. The molecule has 2 aliphatic rings. The molecule has 0 fully saturated rings. The quantitative estimate of drug-likeness (QED) is 0.601. The zero-order valence-electron chi connectivity index (χ0n) is 10.5. The number of allylic oxidation sites excluding steroid dienone is 2. The van der Waals surface area contributed by atoms with Crippen molar-refractivity contribution in [3.63, 3.8) is 0 Å². The van der Waals surface area contributed by atoms with E-state index in [-0.39, 0.29) is 10.6 Å². The van der Waals surface area contributed by atoms with Gasteiger partial charge in [0.15, 0.2) is 0 Å². The molecule has 0 radical (unpaired) electrons. The average molecular weight is 255 g/mol. The molecule has 0 saturated heterocycles. The first-order chi connectivity index (χ1) is 9.16. The van der Waals surface area contributed by atoms with Gasteiger partial charge >= 0.3 is 5.70 Å². The number of nitro groups is 1. The summed E-state index contributed by atoms with van der Waals surface area (Å²) < 4.78 is 0. The minimum absolute atomic E-state index is 0.101. The summed E-state index contributed by atoms with van der Waals surface area (Å²) in [4.78, 5) is 17.1. The lowest BCUT2D eigenvalue weighted by molar-refractivity contribution is -0.414. The maximum atomic E-state index is 11.4. The van der Waals surface area contributed by atoms with E-state index in [1.54, 1.807) is 6.08 Å². The smallest absolute Gasteiger partial charge is 0.319 e. The van der Waals surface area contributed by atoms with Crippen LogP contribution in [0.25, 0.3) is 5.57 Å². The summed E-state index contributed by atoms with van der Waals surface area (Å²) in [6.45, 7) is 3.31. The Morgan fingerprint density at radius 2 is 2.05 bits per heavy atom. The Morgan fingerprint density at radius 3 is 2.74 bits per heavy atom.